The van der Waals surface area contributed by atoms with Crippen LogP contribution in [0, 0.1) is 0 Å². The molecule has 0 radical (unpaired) electrons. The lowest BCUT2D eigenvalue weighted by Crippen LogP contribution is -2.49. The van der Waals surface area contributed by atoms with E-state index < -0.39 is 0 Å². The van der Waals surface area contributed by atoms with E-state index in [1.807, 2.05) is 17.0 Å². The monoisotopic (exact) mass is 336 g/mol. The van der Waals surface area contributed by atoms with Gasteiger partial charge in [-0.25, -0.2) is 0 Å². The molecule has 0 saturated carbocycles. The molecule has 2 aromatic rings. The topological polar surface area (TPSA) is 23.6 Å². The maximum atomic E-state index is 12.9. The van der Waals surface area contributed by atoms with Gasteiger partial charge in [0.1, 0.15) is 0 Å². The van der Waals surface area contributed by atoms with Crippen LogP contribution in [0.3, 0.4) is 0 Å². The van der Waals surface area contributed by atoms with Gasteiger partial charge in [0.15, 0.2) is 0 Å². The molecule has 0 unspecified atom stereocenters. The molecule has 3 rings (SSSR count). The number of benzene rings is 2. The number of nitrogens with zero attached hydrogens (tertiary/aromatic N) is 2. The van der Waals surface area contributed by atoms with Crippen molar-refractivity contribution in [2.75, 3.05) is 32.7 Å². The van der Waals surface area contributed by atoms with Gasteiger partial charge >= 0.3 is 0 Å². The first-order valence-electron chi connectivity index (χ1n) is 9.38. The minimum atomic E-state index is 0.128. The highest BCUT2D eigenvalue weighted by Gasteiger charge is 2.24. The Kier molecular flexibility index (Phi) is 6.24. The summed E-state index contributed by atoms with van der Waals surface area (Å²) in [5.74, 6) is 0.400. The molecule has 0 aromatic heterocycles. The summed E-state index contributed by atoms with van der Waals surface area (Å²) in [6.07, 6.45) is 1.72. The van der Waals surface area contributed by atoms with Crippen molar-refractivity contribution < 1.29 is 4.79 Å². The van der Waals surface area contributed by atoms with E-state index in [9.17, 15) is 4.79 Å². The minimum absolute atomic E-state index is 0.128. The van der Waals surface area contributed by atoms with E-state index in [1.54, 1.807) is 0 Å². The van der Waals surface area contributed by atoms with Crippen molar-refractivity contribution >= 4 is 5.91 Å². The molecule has 0 atom stereocenters. The van der Waals surface area contributed by atoms with Crippen LogP contribution >= 0.6 is 0 Å². The standard InChI is InChI=1S/C22H28N2O/c1-2-13-23-14-16-24(17-15-23)22(25)18-21(19-9-5-3-6-10-19)20-11-7-4-8-12-20/h3-12,21H,2,13-18H2,1H3. The lowest BCUT2D eigenvalue weighted by atomic mass is 9.88. The van der Waals surface area contributed by atoms with Crippen molar-refractivity contribution in [2.45, 2.75) is 25.7 Å². The number of rotatable bonds is 6. The van der Waals surface area contributed by atoms with Gasteiger partial charge in [0.25, 0.3) is 0 Å². The molecule has 0 bridgehead atoms. The number of amides is 1. The van der Waals surface area contributed by atoms with E-state index in [2.05, 4.69) is 60.4 Å². The van der Waals surface area contributed by atoms with Crippen molar-refractivity contribution in [3.8, 4) is 0 Å². The fourth-order valence-corrected chi connectivity index (χ4v) is 3.64. The van der Waals surface area contributed by atoms with Gasteiger partial charge in [0.05, 0.1) is 0 Å². The average Bonchev–Trinajstić information content (AvgIpc) is 2.68. The molecule has 2 aromatic carbocycles. The lowest BCUT2D eigenvalue weighted by Gasteiger charge is -2.35. The zero-order chi connectivity index (χ0) is 17.5. The van der Waals surface area contributed by atoms with Crippen LogP contribution in [-0.2, 0) is 4.79 Å². The second-order valence-corrected chi connectivity index (χ2v) is 6.80. The zero-order valence-electron chi connectivity index (χ0n) is 15.1. The minimum Gasteiger partial charge on any atom is -0.340 e. The normalized spacial score (nSPS) is 15.5. The molecule has 0 N–H and O–H groups in total. The molecule has 1 heterocycles. The molecule has 25 heavy (non-hydrogen) atoms. The van der Waals surface area contributed by atoms with Gasteiger partial charge in [0.2, 0.25) is 5.91 Å². The summed E-state index contributed by atoms with van der Waals surface area (Å²) in [6.45, 7) is 7.06. The van der Waals surface area contributed by atoms with Gasteiger partial charge in [0, 0.05) is 38.5 Å². The molecule has 1 aliphatic rings. The summed E-state index contributed by atoms with van der Waals surface area (Å²) < 4.78 is 0. The van der Waals surface area contributed by atoms with Crippen molar-refractivity contribution in [3.05, 3.63) is 71.8 Å². The summed E-state index contributed by atoms with van der Waals surface area (Å²) in [5, 5.41) is 0. The van der Waals surface area contributed by atoms with Crippen LogP contribution in [0.5, 0.6) is 0 Å². The Morgan fingerprint density at radius 1 is 0.880 bits per heavy atom. The van der Waals surface area contributed by atoms with Crippen LogP contribution in [0.15, 0.2) is 60.7 Å². The van der Waals surface area contributed by atoms with Gasteiger partial charge < -0.3 is 4.90 Å². The van der Waals surface area contributed by atoms with Crippen molar-refractivity contribution in [1.29, 1.82) is 0 Å². The fraction of sp³-hybridized carbons (Fsp3) is 0.409. The van der Waals surface area contributed by atoms with E-state index in [1.165, 1.54) is 17.5 Å². The maximum Gasteiger partial charge on any atom is 0.223 e. The second kappa shape index (κ2) is 8.82. The predicted molar refractivity (Wildman–Crippen MR) is 103 cm³/mol. The smallest absolute Gasteiger partial charge is 0.223 e. The van der Waals surface area contributed by atoms with Crippen LogP contribution in [0.25, 0.3) is 0 Å². The summed E-state index contributed by atoms with van der Waals surface area (Å²) in [4.78, 5) is 17.4. The Morgan fingerprint density at radius 2 is 1.40 bits per heavy atom. The average molecular weight is 336 g/mol. The quantitative estimate of drug-likeness (QED) is 0.802. The Hall–Kier alpha value is -2.13. The molecule has 0 aliphatic carbocycles. The number of hydrogen-bond donors (Lipinski definition) is 0. The summed E-state index contributed by atoms with van der Waals surface area (Å²) in [6, 6.07) is 20.8. The van der Waals surface area contributed by atoms with E-state index in [4.69, 9.17) is 0 Å². The first-order chi connectivity index (χ1) is 12.3. The summed E-state index contributed by atoms with van der Waals surface area (Å²) in [7, 11) is 0. The largest absolute Gasteiger partial charge is 0.340 e. The van der Waals surface area contributed by atoms with Crippen LogP contribution < -0.4 is 0 Å². The molecular weight excluding hydrogens is 308 g/mol. The van der Waals surface area contributed by atoms with Crippen LogP contribution in [-0.4, -0.2) is 48.4 Å². The Balaban J connectivity index is 1.70. The molecule has 132 valence electrons. The molecule has 0 spiro atoms. The van der Waals surface area contributed by atoms with Gasteiger partial charge in [-0.1, -0.05) is 67.6 Å². The molecule has 1 amide bonds. The number of hydrogen-bond acceptors (Lipinski definition) is 2. The van der Waals surface area contributed by atoms with Crippen LogP contribution in [0.1, 0.15) is 36.8 Å². The zero-order valence-corrected chi connectivity index (χ0v) is 15.1. The Bertz CT molecular complexity index is 609. The number of carbonyl (C=O) groups excluding carboxylic acids is 1. The molecule has 1 aliphatic heterocycles. The van der Waals surface area contributed by atoms with Crippen molar-refractivity contribution in [3.63, 3.8) is 0 Å². The van der Waals surface area contributed by atoms with Crippen molar-refractivity contribution in [1.82, 2.24) is 9.80 Å². The third-order valence-corrected chi connectivity index (χ3v) is 5.05. The Morgan fingerprint density at radius 3 is 1.88 bits per heavy atom. The van der Waals surface area contributed by atoms with Gasteiger partial charge in [-0.15, -0.1) is 0 Å². The van der Waals surface area contributed by atoms with Crippen LogP contribution in [0.2, 0.25) is 0 Å². The Labute approximate surface area is 151 Å². The molecular formula is C22H28N2O. The first-order valence-corrected chi connectivity index (χ1v) is 9.38. The second-order valence-electron chi connectivity index (χ2n) is 6.80. The highest BCUT2D eigenvalue weighted by Crippen LogP contribution is 2.28. The fourth-order valence-electron chi connectivity index (χ4n) is 3.64. The van der Waals surface area contributed by atoms with E-state index in [0.717, 1.165) is 32.7 Å². The van der Waals surface area contributed by atoms with E-state index >= 15 is 0 Å². The molecule has 3 heteroatoms. The summed E-state index contributed by atoms with van der Waals surface area (Å²) in [5.41, 5.74) is 2.43. The number of carbonyl (C=O) groups is 1. The third-order valence-electron chi connectivity index (χ3n) is 5.05. The van der Waals surface area contributed by atoms with Gasteiger partial charge in [-0.05, 0) is 24.1 Å². The highest BCUT2D eigenvalue weighted by atomic mass is 16.2. The van der Waals surface area contributed by atoms with E-state index in [0.29, 0.717) is 6.42 Å². The SMILES string of the molecule is CCCN1CCN(C(=O)CC(c2ccccc2)c2ccccc2)CC1. The third kappa shape index (κ3) is 4.70. The van der Waals surface area contributed by atoms with Gasteiger partial charge in [-0.2, -0.15) is 0 Å². The lowest BCUT2D eigenvalue weighted by molar-refractivity contribution is -0.133. The summed E-state index contributed by atoms with van der Waals surface area (Å²) >= 11 is 0. The van der Waals surface area contributed by atoms with Gasteiger partial charge in [-0.3, -0.25) is 9.69 Å². The predicted octanol–water partition coefficient (Wildman–Crippen LogP) is 3.76. The first kappa shape index (κ1) is 17.7. The molecule has 3 nitrogen and oxygen atoms in total. The van der Waals surface area contributed by atoms with E-state index in [-0.39, 0.29) is 11.8 Å². The highest BCUT2D eigenvalue weighted by molar-refractivity contribution is 5.78. The maximum absolute atomic E-state index is 12.9. The van der Waals surface area contributed by atoms with Crippen molar-refractivity contribution in [2.24, 2.45) is 0 Å². The number of piperazine rings is 1. The molecule has 1 fully saturated rings. The van der Waals surface area contributed by atoms with Crippen LogP contribution in [0.4, 0.5) is 0 Å². The molecule has 1 saturated heterocycles.